The minimum atomic E-state index is 0.829. The molecule has 0 aliphatic rings. The van der Waals surface area contributed by atoms with Crippen LogP contribution in [0.2, 0.25) is 0 Å². The van der Waals surface area contributed by atoms with Gasteiger partial charge < -0.3 is 5.73 Å². The van der Waals surface area contributed by atoms with Crippen molar-refractivity contribution in [2.75, 3.05) is 5.73 Å². The summed E-state index contributed by atoms with van der Waals surface area (Å²) in [5.74, 6) is 0. The second-order valence-corrected chi connectivity index (χ2v) is 4.45. The topological polar surface area (TPSA) is 26.0 Å². The van der Waals surface area contributed by atoms with Gasteiger partial charge in [-0.15, -0.1) is 0 Å². The fourth-order valence-electron chi connectivity index (χ4n) is 2.11. The molecule has 0 saturated carbocycles. The Morgan fingerprint density at radius 3 is 2.19 bits per heavy atom. The first-order valence-electron chi connectivity index (χ1n) is 5.51. The average molecular weight is 211 g/mol. The van der Waals surface area contributed by atoms with Crippen molar-refractivity contribution in [3.8, 4) is 11.1 Å². The molecule has 1 nitrogen and oxygen atoms in total. The Bertz CT molecular complexity index is 507. The van der Waals surface area contributed by atoms with E-state index in [-0.39, 0.29) is 0 Å². The quantitative estimate of drug-likeness (QED) is 0.712. The first-order chi connectivity index (χ1) is 7.56. The third-order valence-corrected chi connectivity index (χ3v) is 2.79. The Labute approximate surface area is 96.9 Å². The van der Waals surface area contributed by atoms with Crippen LogP contribution in [0.25, 0.3) is 11.1 Å². The van der Waals surface area contributed by atoms with Gasteiger partial charge in [-0.1, -0.05) is 29.8 Å². The largest absolute Gasteiger partial charge is 0.399 e. The minimum Gasteiger partial charge on any atom is -0.399 e. The average Bonchev–Trinajstić information content (AvgIpc) is 2.15. The highest BCUT2D eigenvalue weighted by Gasteiger charge is 2.03. The molecular formula is C15H17N. The molecule has 0 unspecified atom stereocenters. The predicted molar refractivity (Wildman–Crippen MR) is 70.5 cm³/mol. The maximum absolute atomic E-state index is 5.88. The molecule has 0 radical (unpaired) electrons. The highest BCUT2D eigenvalue weighted by atomic mass is 14.5. The summed E-state index contributed by atoms with van der Waals surface area (Å²) >= 11 is 0. The van der Waals surface area contributed by atoms with Crippen LogP contribution in [0.5, 0.6) is 0 Å². The van der Waals surface area contributed by atoms with Gasteiger partial charge in [-0.05, 0) is 55.2 Å². The van der Waals surface area contributed by atoms with Gasteiger partial charge in [0.1, 0.15) is 0 Å². The predicted octanol–water partition coefficient (Wildman–Crippen LogP) is 3.86. The fourth-order valence-corrected chi connectivity index (χ4v) is 2.11. The zero-order valence-electron chi connectivity index (χ0n) is 10.0. The van der Waals surface area contributed by atoms with Gasteiger partial charge in [0.15, 0.2) is 0 Å². The maximum Gasteiger partial charge on any atom is 0.0322 e. The molecule has 0 bridgehead atoms. The molecule has 0 saturated heterocycles. The van der Waals surface area contributed by atoms with Gasteiger partial charge in [0, 0.05) is 5.69 Å². The van der Waals surface area contributed by atoms with Gasteiger partial charge in [0.2, 0.25) is 0 Å². The van der Waals surface area contributed by atoms with E-state index in [4.69, 9.17) is 5.73 Å². The van der Waals surface area contributed by atoms with Crippen molar-refractivity contribution in [2.45, 2.75) is 20.8 Å². The molecule has 1 heteroatoms. The Kier molecular flexibility index (Phi) is 2.69. The zero-order chi connectivity index (χ0) is 11.7. The van der Waals surface area contributed by atoms with Crippen molar-refractivity contribution in [1.82, 2.24) is 0 Å². The molecule has 2 N–H and O–H groups in total. The fraction of sp³-hybridized carbons (Fsp3) is 0.200. The van der Waals surface area contributed by atoms with E-state index < -0.39 is 0 Å². The van der Waals surface area contributed by atoms with Crippen LogP contribution in [0.1, 0.15) is 16.7 Å². The second-order valence-electron chi connectivity index (χ2n) is 4.45. The van der Waals surface area contributed by atoms with Crippen LogP contribution < -0.4 is 5.73 Å². The van der Waals surface area contributed by atoms with E-state index in [2.05, 4.69) is 45.0 Å². The Hall–Kier alpha value is -1.76. The Morgan fingerprint density at radius 2 is 1.56 bits per heavy atom. The summed E-state index contributed by atoms with van der Waals surface area (Å²) in [4.78, 5) is 0. The molecule has 0 fully saturated rings. The number of hydrogen-bond acceptors (Lipinski definition) is 1. The molecule has 0 aliphatic heterocycles. The van der Waals surface area contributed by atoms with Crippen molar-refractivity contribution in [2.24, 2.45) is 0 Å². The van der Waals surface area contributed by atoms with E-state index in [1.54, 1.807) is 0 Å². The molecule has 0 amide bonds. The SMILES string of the molecule is Cc1cc(N)cc(-c2ccc(C)cc2C)c1. The smallest absolute Gasteiger partial charge is 0.0322 e. The minimum absolute atomic E-state index is 0.829. The maximum atomic E-state index is 5.88. The normalized spacial score (nSPS) is 10.4. The van der Waals surface area contributed by atoms with Crippen LogP contribution in [0.4, 0.5) is 5.69 Å². The second kappa shape index (κ2) is 4.01. The monoisotopic (exact) mass is 211 g/mol. The van der Waals surface area contributed by atoms with E-state index in [0.29, 0.717) is 0 Å². The van der Waals surface area contributed by atoms with Gasteiger partial charge >= 0.3 is 0 Å². The molecule has 2 aromatic rings. The molecule has 0 atom stereocenters. The van der Waals surface area contributed by atoms with Crippen LogP contribution in [-0.2, 0) is 0 Å². The molecule has 82 valence electrons. The lowest BCUT2D eigenvalue weighted by Gasteiger charge is -2.09. The van der Waals surface area contributed by atoms with E-state index >= 15 is 0 Å². The molecule has 0 spiro atoms. The standard InChI is InChI=1S/C15H17N/c1-10-4-5-15(12(3)6-10)13-7-11(2)8-14(16)9-13/h4-9H,16H2,1-3H3. The lowest BCUT2D eigenvalue weighted by atomic mass is 9.97. The number of hydrogen-bond donors (Lipinski definition) is 1. The van der Waals surface area contributed by atoms with Crippen molar-refractivity contribution in [3.63, 3.8) is 0 Å². The summed E-state index contributed by atoms with van der Waals surface area (Å²) in [5, 5.41) is 0. The third-order valence-electron chi connectivity index (χ3n) is 2.79. The van der Waals surface area contributed by atoms with Crippen LogP contribution >= 0.6 is 0 Å². The van der Waals surface area contributed by atoms with Crippen molar-refractivity contribution in [3.05, 3.63) is 53.1 Å². The number of rotatable bonds is 1. The lowest BCUT2D eigenvalue weighted by molar-refractivity contribution is 1.37. The first-order valence-corrected chi connectivity index (χ1v) is 5.51. The van der Waals surface area contributed by atoms with Gasteiger partial charge in [0.25, 0.3) is 0 Å². The first kappa shape index (κ1) is 10.7. The summed E-state index contributed by atoms with van der Waals surface area (Å²) in [7, 11) is 0. The number of nitrogens with two attached hydrogens (primary N) is 1. The zero-order valence-corrected chi connectivity index (χ0v) is 10.0. The summed E-state index contributed by atoms with van der Waals surface area (Å²) in [6.45, 7) is 6.33. The number of benzene rings is 2. The van der Waals surface area contributed by atoms with Gasteiger partial charge in [-0.2, -0.15) is 0 Å². The molecule has 0 aromatic heterocycles. The van der Waals surface area contributed by atoms with E-state index in [1.165, 1.54) is 27.8 Å². The van der Waals surface area contributed by atoms with Gasteiger partial charge in [0.05, 0.1) is 0 Å². The van der Waals surface area contributed by atoms with E-state index in [0.717, 1.165) is 5.69 Å². The van der Waals surface area contributed by atoms with E-state index in [1.807, 2.05) is 12.1 Å². The van der Waals surface area contributed by atoms with Gasteiger partial charge in [-0.25, -0.2) is 0 Å². The highest BCUT2D eigenvalue weighted by molar-refractivity contribution is 5.71. The van der Waals surface area contributed by atoms with Crippen molar-refractivity contribution in [1.29, 1.82) is 0 Å². The number of aryl methyl sites for hydroxylation is 3. The van der Waals surface area contributed by atoms with E-state index in [9.17, 15) is 0 Å². The summed E-state index contributed by atoms with van der Waals surface area (Å²) < 4.78 is 0. The Balaban J connectivity index is 2.58. The lowest BCUT2D eigenvalue weighted by Crippen LogP contribution is -1.90. The van der Waals surface area contributed by atoms with Crippen molar-refractivity contribution >= 4 is 5.69 Å². The molecule has 0 heterocycles. The molecule has 2 rings (SSSR count). The van der Waals surface area contributed by atoms with Crippen molar-refractivity contribution < 1.29 is 0 Å². The highest BCUT2D eigenvalue weighted by Crippen LogP contribution is 2.26. The van der Waals surface area contributed by atoms with Crippen LogP contribution in [0, 0.1) is 20.8 Å². The third kappa shape index (κ3) is 2.08. The number of anilines is 1. The molecular weight excluding hydrogens is 194 g/mol. The molecule has 2 aromatic carbocycles. The van der Waals surface area contributed by atoms with Crippen LogP contribution in [0.3, 0.4) is 0 Å². The van der Waals surface area contributed by atoms with Crippen LogP contribution in [0.15, 0.2) is 36.4 Å². The molecule has 0 aliphatic carbocycles. The summed E-state index contributed by atoms with van der Waals surface area (Å²) in [6, 6.07) is 12.7. The van der Waals surface area contributed by atoms with Gasteiger partial charge in [-0.3, -0.25) is 0 Å². The number of nitrogen functional groups attached to an aromatic ring is 1. The van der Waals surface area contributed by atoms with Crippen LogP contribution in [-0.4, -0.2) is 0 Å². The molecule has 16 heavy (non-hydrogen) atoms. The summed E-state index contributed by atoms with van der Waals surface area (Å²) in [6.07, 6.45) is 0. The summed E-state index contributed by atoms with van der Waals surface area (Å²) in [5.41, 5.74) is 13.0. The Morgan fingerprint density at radius 1 is 0.812 bits per heavy atom.